The summed E-state index contributed by atoms with van der Waals surface area (Å²) in [6.45, 7) is 1.95. The summed E-state index contributed by atoms with van der Waals surface area (Å²) in [6, 6.07) is 17.2. The van der Waals surface area contributed by atoms with Gasteiger partial charge in [-0.05, 0) is 54.3 Å². The topological polar surface area (TPSA) is 89.6 Å². The van der Waals surface area contributed by atoms with E-state index >= 15 is 0 Å². The van der Waals surface area contributed by atoms with Crippen LogP contribution in [0.15, 0.2) is 54.0 Å². The van der Waals surface area contributed by atoms with Crippen molar-refractivity contribution in [2.24, 2.45) is 5.41 Å². The summed E-state index contributed by atoms with van der Waals surface area (Å²) in [5.41, 5.74) is 3.40. The zero-order valence-electron chi connectivity index (χ0n) is 15.1. The van der Waals surface area contributed by atoms with Gasteiger partial charge in [0.15, 0.2) is 5.13 Å². The van der Waals surface area contributed by atoms with Gasteiger partial charge in [-0.15, -0.1) is 11.3 Å². The number of carbonyl (C=O) groups excluding carboxylic acids is 1. The van der Waals surface area contributed by atoms with Gasteiger partial charge in [0, 0.05) is 17.5 Å². The van der Waals surface area contributed by atoms with Crippen molar-refractivity contribution in [2.45, 2.75) is 19.3 Å². The average molecular weight is 384 g/mol. The van der Waals surface area contributed by atoms with E-state index in [2.05, 4.69) is 22.4 Å². The summed E-state index contributed by atoms with van der Waals surface area (Å²) in [7, 11) is 0. The fourth-order valence-electron chi connectivity index (χ4n) is 3.97. The van der Waals surface area contributed by atoms with E-state index in [1.807, 2.05) is 36.6 Å². The van der Waals surface area contributed by atoms with E-state index in [1.165, 1.54) is 11.3 Å². The van der Waals surface area contributed by atoms with Crippen LogP contribution in [-0.2, 0) is 11.2 Å². The van der Waals surface area contributed by atoms with E-state index in [4.69, 9.17) is 5.26 Å². The maximum atomic E-state index is 13.3. The predicted molar refractivity (Wildman–Crippen MR) is 107 cm³/mol. The van der Waals surface area contributed by atoms with Crippen molar-refractivity contribution >= 4 is 22.4 Å². The van der Waals surface area contributed by atoms with Crippen LogP contribution in [0.1, 0.15) is 40.7 Å². The molecule has 6 heteroatoms. The van der Waals surface area contributed by atoms with Crippen LogP contribution in [-0.4, -0.2) is 10.9 Å². The molecular weight excluding hydrogens is 368 g/mol. The number of amides is 1. The molecule has 2 aromatic carbocycles. The van der Waals surface area contributed by atoms with Crippen LogP contribution < -0.4 is 5.32 Å². The highest BCUT2D eigenvalue weighted by atomic mass is 32.1. The molecule has 0 bridgehead atoms. The molecule has 4 rings (SSSR count). The van der Waals surface area contributed by atoms with Crippen molar-refractivity contribution < 1.29 is 4.79 Å². The Morgan fingerprint density at radius 3 is 2.54 bits per heavy atom. The molecule has 1 aliphatic rings. The number of nitrogens with zero attached hydrogens (tertiary/aromatic N) is 3. The first-order valence-corrected chi connectivity index (χ1v) is 9.67. The average Bonchev–Trinajstić information content (AvgIpc) is 3.33. The molecule has 0 saturated carbocycles. The molecule has 2 atom stereocenters. The van der Waals surface area contributed by atoms with Crippen LogP contribution in [0, 0.1) is 28.1 Å². The smallest absolute Gasteiger partial charge is 0.233 e. The SMILES string of the molecule is C[C@@]1(C(=O)Nc2nccs2)Cc2ccc(C#N)cc2[C@@H]1c1ccc(C#N)cc1. The minimum absolute atomic E-state index is 0.105. The Kier molecular flexibility index (Phi) is 4.43. The molecule has 1 heterocycles. The molecule has 3 aromatic rings. The van der Waals surface area contributed by atoms with E-state index in [1.54, 1.807) is 24.4 Å². The Labute approximate surface area is 166 Å². The molecule has 1 N–H and O–H groups in total. The maximum absolute atomic E-state index is 13.3. The molecule has 0 aliphatic heterocycles. The number of benzene rings is 2. The van der Waals surface area contributed by atoms with Crippen molar-refractivity contribution in [1.82, 2.24) is 4.98 Å². The lowest BCUT2D eigenvalue weighted by Gasteiger charge is -2.31. The molecular formula is C22H16N4OS. The zero-order chi connectivity index (χ0) is 19.7. The second kappa shape index (κ2) is 6.92. The first-order valence-electron chi connectivity index (χ1n) is 8.79. The number of rotatable bonds is 3. The number of aromatic nitrogens is 1. The van der Waals surface area contributed by atoms with Gasteiger partial charge in [-0.2, -0.15) is 10.5 Å². The highest BCUT2D eigenvalue weighted by Crippen LogP contribution is 2.51. The van der Waals surface area contributed by atoms with E-state index in [-0.39, 0.29) is 11.8 Å². The number of fused-ring (bicyclic) bond motifs is 1. The Bertz CT molecular complexity index is 1120. The molecule has 0 saturated heterocycles. The van der Waals surface area contributed by atoms with Crippen molar-refractivity contribution in [3.63, 3.8) is 0 Å². The fourth-order valence-corrected chi connectivity index (χ4v) is 4.49. The van der Waals surface area contributed by atoms with Crippen LogP contribution in [0.25, 0.3) is 0 Å². The number of hydrogen-bond donors (Lipinski definition) is 1. The molecule has 1 aromatic heterocycles. The minimum Gasteiger partial charge on any atom is -0.301 e. The second-order valence-electron chi connectivity index (χ2n) is 7.08. The third kappa shape index (κ3) is 2.94. The zero-order valence-corrected chi connectivity index (χ0v) is 16.0. The van der Waals surface area contributed by atoms with Crippen LogP contribution >= 0.6 is 11.3 Å². The van der Waals surface area contributed by atoms with Gasteiger partial charge in [0.05, 0.1) is 28.7 Å². The van der Waals surface area contributed by atoms with Gasteiger partial charge in [-0.3, -0.25) is 4.79 Å². The highest BCUT2D eigenvalue weighted by Gasteiger charge is 2.49. The largest absolute Gasteiger partial charge is 0.301 e. The lowest BCUT2D eigenvalue weighted by Crippen LogP contribution is -2.37. The van der Waals surface area contributed by atoms with Crippen LogP contribution in [0.2, 0.25) is 0 Å². The van der Waals surface area contributed by atoms with Gasteiger partial charge in [0.25, 0.3) is 0 Å². The quantitative estimate of drug-likeness (QED) is 0.732. The monoisotopic (exact) mass is 384 g/mol. The highest BCUT2D eigenvalue weighted by molar-refractivity contribution is 7.13. The van der Waals surface area contributed by atoms with E-state index in [0.717, 1.165) is 16.7 Å². The first kappa shape index (κ1) is 17.9. The first-order chi connectivity index (χ1) is 13.5. The number of carbonyl (C=O) groups is 1. The molecule has 136 valence electrons. The van der Waals surface area contributed by atoms with Crippen LogP contribution in [0.5, 0.6) is 0 Å². The van der Waals surface area contributed by atoms with Gasteiger partial charge in [-0.25, -0.2) is 4.98 Å². The van der Waals surface area contributed by atoms with E-state index < -0.39 is 5.41 Å². The fraction of sp³-hybridized carbons (Fsp3) is 0.182. The van der Waals surface area contributed by atoms with Crippen molar-refractivity contribution in [3.05, 3.63) is 81.9 Å². The van der Waals surface area contributed by atoms with E-state index in [0.29, 0.717) is 22.7 Å². The van der Waals surface area contributed by atoms with Gasteiger partial charge >= 0.3 is 0 Å². The maximum Gasteiger partial charge on any atom is 0.233 e. The molecule has 0 radical (unpaired) electrons. The second-order valence-corrected chi connectivity index (χ2v) is 7.97. The third-order valence-electron chi connectivity index (χ3n) is 5.33. The normalized spacial score (nSPS) is 20.0. The number of nitriles is 2. The van der Waals surface area contributed by atoms with Gasteiger partial charge < -0.3 is 5.32 Å². The van der Waals surface area contributed by atoms with Gasteiger partial charge in [-0.1, -0.05) is 18.2 Å². The molecule has 5 nitrogen and oxygen atoms in total. The summed E-state index contributed by atoms with van der Waals surface area (Å²) in [5, 5.41) is 23.8. The van der Waals surface area contributed by atoms with Gasteiger partial charge in [0.1, 0.15) is 0 Å². The number of nitrogens with one attached hydrogen (secondary N) is 1. The summed E-state index contributed by atoms with van der Waals surface area (Å²) >= 11 is 1.38. The molecule has 0 spiro atoms. The summed E-state index contributed by atoms with van der Waals surface area (Å²) < 4.78 is 0. The van der Waals surface area contributed by atoms with Gasteiger partial charge in [0.2, 0.25) is 5.91 Å². The number of anilines is 1. The summed E-state index contributed by atoms with van der Waals surface area (Å²) in [5.74, 6) is -0.324. The number of thiazole rings is 1. The standard InChI is InChI=1S/C22H16N4OS/c1-22(20(27)26-21-25-8-9-28-21)11-17-7-4-15(13-24)10-18(17)19(22)16-5-2-14(12-23)3-6-16/h2-10,19H,11H2,1H3,(H,25,26,27)/t19-,22+/m0/s1. The number of hydrogen-bond acceptors (Lipinski definition) is 5. The van der Waals surface area contributed by atoms with Crippen molar-refractivity contribution in [2.75, 3.05) is 5.32 Å². The Balaban J connectivity index is 1.81. The third-order valence-corrected chi connectivity index (χ3v) is 6.01. The van der Waals surface area contributed by atoms with Crippen LogP contribution in [0.3, 0.4) is 0 Å². The Morgan fingerprint density at radius 2 is 1.89 bits per heavy atom. The van der Waals surface area contributed by atoms with Crippen LogP contribution in [0.4, 0.5) is 5.13 Å². The minimum atomic E-state index is -0.740. The summed E-state index contributed by atoms with van der Waals surface area (Å²) in [6.07, 6.45) is 2.22. The lowest BCUT2D eigenvalue weighted by molar-refractivity contribution is -0.125. The Morgan fingerprint density at radius 1 is 1.18 bits per heavy atom. The summed E-state index contributed by atoms with van der Waals surface area (Å²) in [4.78, 5) is 17.5. The molecule has 1 amide bonds. The molecule has 0 unspecified atom stereocenters. The molecule has 28 heavy (non-hydrogen) atoms. The van der Waals surface area contributed by atoms with Crippen molar-refractivity contribution in [1.29, 1.82) is 10.5 Å². The van der Waals surface area contributed by atoms with E-state index in [9.17, 15) is 10.1 Å². The predicted octanol–water partition coefficient (Wildman–Crippen LogP) is 4.22. The van der Waals surface area contributed by atoms with Crippen molar-refractivity contribution in [3.8, 4) is 12.1 Å². The molecule has 1 aliphatic carbocycles. The molecule has 0 fully saturated rings. The Hall–Kier alpha value is -3.48. The lowest BCUT2D eigenvalue weighted by atomic mass is 9.73.